The average Bonchev–Trinajstić information content (AvgIpc) is 2.41. The van der Waals surface area contributed by atoms with Crippen LogP contribution in [0.3, 0.4) is 0 Å². The van der Waals surface area contributed by atoms with E-state index < -0.39 is 24.0 Å². The van der Waals surface area contributed by atoms with Crippen molar-refractivity contribution in [1.29, 1.82) is 0 Å². The van der Waals surface area contributed by atoms with Crippen molar-refractivity contribution < 1.29 is 24.2 Å². The van der Waals surface area contributed by atoms with Crippen molar-refractivity contribution >= 4 is 18.0 Å². The Morgan fingerprint density at radius 3 is 2.30 bits per heavy atom. The number of urea groups is 1. The molecule has 7 nitrogen and oxygen atoms in total. The maximum Gasteiger partial charge on any atom is 0.326 e. The SMILES string of the molecule is CCC(C)(C)N(C)C(=O)N[C@H](CCC(=O)OC)C(=O)O. The summed E-state index contributed by atoms with van der Waals surface area (Å²) in [6, 6.07) is -1.59. The number of carbonyl (C=O) groups excluding carboxylic acids is 2. The molecule has 0 saturated heterocycles. The molecule has 0 radical (unpaired) electrons. The van der Waals surface area contributed by atoms with Gasteiger partial charge in [-0.25, -0.2) is 9.59 Å². The molecule has 7 heteroatoms. The van der Waals surface area contributed by atoms with Crippen molar-refractivity contribution in [2.45, 2.75) is 51.6 Å². The molecule has 0 spiro atoms. The number of nitrogens with zero attached hydrogens (tertiary/aromatic N) is 1. The van der Waals surface area contributed by atoms with E-state index in [0.29, 0.717) is 0 Å². The molecule has 0 bridgehead atoms. The Labute approximate surface area is 119 Å². The molecule has 0 aliphatic heterocycles. The van der Waals surface area contributed by atoms with Gasteiger partial charge in [-0.2, -0.15) is 0 Å². The molecule has 0 aliphatic carbocycles. The number of ether oxygens (including phenoxy) is 1. The summed E-state index contributed by atoms with van der Waals surface area (Å²) in [4.78, 5) is 35.6. The van der Waals surface area contributed by atoms with Crippen LogP contribution in [0.5, 0.6) is 0 Å². The van der Waals surface area contributed by atoms with E-state index in [9.17, 15) is 14.4 Å². The summed E-state index contributed by atoms with van der Waals surface area (Å²) in [5.74, 6) is -1.68. The summed E-state index contributed by atoms with van der Waals surface area (Å²) in [5, 5.41) is 11.5. The fourth-order valence-electron chi connectivity index (χ4n) is 1.38. The first-order valence-electron chi connectivity index (χ1n) is 6.49. The van der Waals surface area contributed by atoms with Crippen LogP contribution >= 0.6 is 0 Å². The summed E-state index contributed by atoms with van der Waals surface area (Å²) in [6.45, 7) is 5.71. The van der Waals surface area contributed by atoms with Crippen molar-refractivity contribution in [2.24, 2.45) is 0 Å². The Balaban J connectivity index is 4.64. The van der Waals surface area contributed by atoms with E-state index in [1.165, 1.54) is 12.0 Å². The number of aliphatic carboxylic acids is 1. The smallest absolute Gasteiger partial charge is 0.326 e. The van der Waals surface area contributed by atoms with Crippen LogP contribution in [0.2, 0.25) is 0 Å². The van der Waals surface area contributed by atoms with E-state index in [-0.39, 0.29) is 18.4 Å². The first kappa shape index (κ1) is 18.2. The van der Waals surface area contributed by atoms with Crippen molar-refractivity contribution in [2.75, 3.05) is 14.2 Å². The molecule has 2 amide bonds. The average molecular weight is 288 g/mol. The van der Waals surface area contributed by atoms with E-state index in [1.54, 1.807) is 7.05 Å². The second-order valence-corrected chi connectivity index (χ2v) is 5.18. The second kappa shape index (κ2) is 7.72. The van der Waals surface area contributed by atoms with Gasteiger partial charge in [0, 0.05) is 19.0 Å². The summed E-state index contributed by atoms with van der Waals surface area (Å²) in [5.41, 5.74) is -0.379. The van der Waals surface area contributed by atoms with Crippen molar-refractivity contribution in [3.8, 4) is 0 Å². The Morgan fingerprint density at radius 1 is 1.35 bits per heavy atom. The molecule has 0 aromatic carbocycles. The molecule has 0 saturated carbocycles. The second-order valence-electron chi connectivity index (χ2n) is 5.18. The summed E-state index contributed by atoms with van der Waals surface area (Å²) < 4.78 is 4.45. The van der Waals surface area contributed by atoms with Crippen LogP contribution in [0.1, 0.15) is 40.0 Å². The number of hydrogen-bond donors (Lipinski definition) is 2. The van der Waals surface area contributed by atoms with Gasteiger partial charge in [-0.05, 0) is 26.7 Å². The molecule has 0 fully saturated rings. The third-order valence-corrected chi connectivity index (χ3v) is 3.54. The highest BCUT2D eigenvalue weighted by molar-refractivity contribution is 5.83. The van der Waals surface area contributed by atoms with Crippen molar-refractivity contribution in [3.63, 3.8) is 0 Å². The van der Waals surface area contributed by atoms with Gasteiger partial charge in [-0.1, -0.05) is 6.92 Å². The largest absolute Gasteiger partial charge is 0.480 e. The molecule has 20 heavy (non-hydrogen) atoms. The number of esters is 1. The topological polar surface area (TPSA) is 95.9 Å². The minimum absolute atomic E-state index is 0.00581. The number of rotatable bonds is 7. The number of amides is 2. The van der Waals surface area contributed by atoms with E-state index in [2.05, 4.69) is 10.1 Å². The number of carboxylic acid groups (broad SMARTS) is 1. The monoisotopic (exact) mass is 288 g/mol. The van der Waals surface area contributed by atoms with Crippen LogP contribution in [0.25, 0.3) is 0 Å². The molecule has 116 valence electrons. The van der Waals surface area contributed by atoms with Crippen LogP contribution in [0, 0.1) is 0 Å². The minimum atomic E-state index is -1.18. The van der Waals surface area contributed by atoms with E-state index in [0.717, 1.165) is 6.42 Å². The zero-order valence-corrected chi connectivity index (χ0v) is 12.7. The lowest BCUT2D eigenvalue weighted by Gasteiger charge is -2.35. The van der Waals surface area contributed by atoms with Gasteiger partial charge < -0.3 is 20.1 Å². The molecule has 0 aliphatic rings. The molecule has 0 rings (SSSR count). The highest BCUT2D eigenvalue weighted by Crippen LogP contribution is 2.16. The number of nitrogens with one attached hydrogen (secondary N) is 1. The van der Waals surface area contributed by atoms with Gasteiger partial charge in [0.05, 0.1) is 7.11 Å². The number of methoxy groups -OCH3 is 1. The van der Waals surface area contributed by atoms with Crippen molar-refractivity contribution in [1.82, 2.24) is 10.2 Å². The summed E-state index contributed by atoms with van der Waals surface area (Å²) in [7, 11) is 2.84. The standard InChI is InChI=1S/C13H24N2O5/c1-6-13(2,3)15(4)12(19)14-9(11(17)18)7-8-10(16)20-5/h9H,6-8H2,1-5H3,(H,14,19)(H,17,18)/t9-/m1/s1. The zero-order valence-electron chi connectivity index (χ0n) is 12.7. The number of carbonyl (C=O) groups is 3. The molecule has 0 unspecified atom stereocenters. The fourth-order valence-corrected chi connectivity index (χ4v) is 1.38. The molecule has 1 atom stereocenters. The van der Waals surface area contributed by atoms with Gasteiger partial charge in [0.25, 0.3) is 0 Å². The van der Waals surface area contributed by atoms with Gasteiger partial charge in [-0.3, -0.25) is 4.79 Å². The van der Waals surface area contributed by atoms with Crippen LogP contribution in [-0.2, 0) is 14.3 Å². The number of carboxylic acids is 1. The highest BCUT2D eigenvalue weighted by Gasteiger charge is 2.29. The van der Waals surface area contributed by atoms with Gasteiger partial charge >= 0.3 is 18.0 Å². The van der Waals surface area contributed by atoms with Gasteiger partial charge in [0.1, 0.15) is 6.04 Å². The predicted molar refractivity (Wildman–Crippen MR) is 73.3 cm³/mol. The summed E-state index contributed by atoms with van der Waals surface area (Å²) in [6.07, 6.45) is 0.666. The quantitative estimate of drug-likeness (QED) is 0.687. The molecular weight excluding hydrogens is 264 g/mol. The summed E-state index contributed by atoms with van der Waals surface area (Å²) >= 11 is 0. The Morgan fingerprint density at radius 2 is 1.90 bits per heavy atom. The first-order valence-corrected chi connectivity index (χ1v) is 6.49. The lowest BCUT2D eigenvalue weighted by atomic mass is 10.0. The van der Waals surface area contributed by atoms with Crippen molar-refractivity contribution in [3.05, 3.63) is 0 Å². The molecule has 0 heterocycles. The normalized spacial score (nSPS) is 12.4. The lowest BCUT2D eigenvalue weighted by Crippen LogP contribution is -2.53. The van der Waals surface area contributed by atoms with E-state index >= 15 is 0 Å². The fraction of sp³-hybridized carbons (Fsp3) is 0.769. The highest BCUT2D eigenvalue weighted by atomic mass is 16.5. The number of hydrogen-bond acceptors (Lipinski definition) is 4. The Hall–Kier alpha value is -1.79. The molecule has 0 aromatic heterocycles. The molecule has 0 aromatic rings. The zero-order chi connectivity index (χ0) is 15.9. The lowest BCUT2D eigenvalue weighted by molar-refractivity contribution is -0.142. The maximum atomic E-state index is 12.0. The van der Waals surface area contributed by atoms with Gasteiger partial charge in [0.2, 0.25) is 0 Å². The maximum absolute atomic E-state index is 12.0. The predicted octanol–water partition coefficient (Wildman–Crippen LogP) is 1.22. The van der Waals surface area contributed by atoms with Crippen LogP contribution in [-0.4, -0.2) is 53.7 Å². The van der Waals surface area contributed by atoms with E-state index in [1.807, 2.05) is 20.8 Å². The van der Waals surface area contributed by atoms with Gasteiger partial charge in [0.15, 0.2) is 0 Å². The minimum Gasteiger partial charge on any atom is -0.480 e. The van der Waals surface area contributed by atoms with Crippen LogP contribution in [0.15, 0.2) is 0 Å². The molecule has 2 N–H and O–H groups in total. The third kappa shape index (κ3) is 5.46. The third-order valence-electron chi connectivity index (χ3n) is 3.54. The van der Waals surface area contributed by atoms with E-state index in [4.69, 9.17) is 5.11 Å². The van der Waals surface area contributed by atoms with Crippen LogP contribution in [0.4, 0.5) is 4.79 Å². The first-order chi connectivity index (χ1) is 9.15. The Bertz CT molecular complexity index is 368. The van der Waals surface area contributed by atoms with Crippen LogP contribution < -0.4 is 5.32 Å². The molecular formula is C13H24N2O5. The van der Waals surface area contributed by atoms with Gasteiger partial charge in [-0.15, -0.1) is 0 Å². The Kier molecular flexibility index (Phi) is 7.02.